The molecule has 1 aliphatic heterocycles. The van der Waals surface area contributed by atoms with Crippen LogP contribution in [0.1, 0.15) is 37.7 Å². The highest BCUT2D eigenvalue weighted by atomic mass is 16.6. The Morgan fingerprint density at radius 2 is 2.00 bits per heavy atom. The zero-order valence-electron chi connectivity index (χ0n) is 12.6. The van der Waals surface area contributed by atoms with Crippen LogP contribution in [0.5, 0.6) is 0 Å². The number of nitriles is 1. The molecule has 1 aromatic rings. The van der Waals surface area contributed by atoms with Crippen molar-refractivity contribution in [1.82, 2.24) is 4.90 Å². The molecule has 0 N–H and O–H groups in total. The number of nitrogens with zero attached hydrogens (tertiary/aromatic N) is 3. The van der Waals surface area contributed by atoms with Crippen molar-refractivity contribution in [3.8, 4) is 6.07 Å². The summed E-state index contributed by atoms with van der Waals surface area (Å²) in [6, 6.07) is 7.97. The van der Waals surface area contributed by atoms with Crippen molar-refractivity contribution in [2.24, 2.45) is 5.92 Å². The Kier molecular flexibility index (Phi) is 5.10. The molecule has 0 aliphatic carbocycles. The summed E-state index contributed by atoms with van der Waals surface area (Å²) in [4.78, 5) is 24.3. The van der Waals surface area contributed by atoms with E-state index in [4.69, 9.17) is 0 Å². The number of hydrogen-bond acceptors (Lipinski definition) is 4. The van der Waals surface area contributed by atoms with Crippen molar-refractivity contribution in [3.63, 3.8) is 0 Å². The third-order valence-electron chi connectivity index (χ3n) is 4.18. The lowest BCUT2D eigenvalue weighted by Gasteiger charge is -2.30. The number of piperidine rings is 1. The Morgan fingerprint density at radius 1 is 1.41 bits per heavy atom. The van der Waals surface area contributed by atoms with Gasteiger partial charge in [0.15, 0.2) is 0 Å². The van der Waals surface area contributed by atoms with Gasteiger partial charge in [-0.3, -0.25) is 14.9 Å². The Balaban J connectivity index is 2.01. The van der Waals surface area contributed by atoms with E-state index in [2.05, 4.69) is 13.0 Å². The summed E-state index contributed by atoms with van der Waals surface area (Å²) in [6.07, 6.45) is 2.13. The van der Waals surface area contributed by atoms with Crippen LogP contribution in [0, 0.1) is 27.4 Å². The summed E-state index contributed by atoms with van der Waals surface area (Å²) >= 11 is 0. The number of nitro benzene ring substituents is 1. The van der Waals surface area contributed by atoms with E-state index in [1.807, 2.05) is 4.90 Å². The molecule has 2 rings (SSSR count). The average Bonchev–Trinajstić information content (AvgIpc) is 2.53. The first-order valence-corrected chi connectivity index (χ1v) is 7.43. The van der Waals surface area contributed by atoms with E-state index in [0.717, 1.165) is 25.9 Å². The predicted octanol–water partition coefficient (Wildman–Crippen LogP) is 2.85. The quantitative estimate of drug-likeness (QED) is 0.632. The summed E-state index contributed by atoms with van der Waals surface area (Å²) in [5.74, 6) is 0.0648. The summed E-state index contributed by atoms with van der Waals surface area (Å²) in [5.41, 5.74) is 0.628. The molecule has 1 fully saturated rings. The molecular formula is C16H19N3O3. The second-order valence-corrected chi connectivity index (χ2v) is 5.80. The van der Waals surface area contributed by atoms with Crippen molar-refractivity contribution in [2.45, 2.75) is 32.1 Å². The predicted molar refractivity (Wildman–Crippen MR) is 81.0 cm³/mol. The number of amides is 1. The van der Waals surface area contributed by atoms with Crippen LogP contribution in [0.4, 0.5) is 5.69 Å². The fourth-order valence-electron chi connectivity index (χ4n) is 2.63. The first-order valence-electron chi connectivity index (χ1n) is 7.43. The molecule has 1 aromatic carbocycles. The van der Waals surface area contributed by atoms with E-state index in [9.17, 15) is 20.2 Å². The van der Waals surface area contributed by atoms with E-state index < -0.39 is 10.8 Å². The first-order chi connectivity index (χ1) is 10.5. The van der Waals surface area contributed by atoms with Crippen molar-refractivity contribution >= 4 is 11.6 Å². The van der Waals surface area contributed by atoms with Crippen LogP contribution in [0.15, 0.2) is 24.3 Å². The number of benzene rings is 1. The number of carbonyl (C=O) groups is 1. The largest absolute Gasteiger partial charge is 0.343 e. The molecule has 0 aromatic heterocycles. The van der Waals surface area contributed by atoms with Gasteiger partial charge in [-0.05, 0) is 24.3 Å². The Hall–Kier alpha value is -2.42. The summed E-state index contributed by atoms with van der Waals surface area (Å²) < 4.78 is 0. The molecule has 116 valence electrons. The Morgan fingerprint density at radius 3 is 2.50 bits per heavy atom. The van der Waals surface area contributed by atoms with Gasteiger partial charge in [-0.1, -0.05) is 19.1 Å². The maximum atomic E-state index is 12.3. The van der Waals surface area contributed by atoms with Gasteiger partial charge >= 0.3 is 0 Å². The van der Waals surface area contributed by atoms with Crippen LogP contribution in [0.25, 0.3) is 0 Å². The van der Waals surface area contributed by atoms with Crippen molar-refractivity contribution in [3.05, 3.63) is 39.9 Å². The first kappa shape index (κ1) is 16.0. The lowest BCUT2D eigenvalue weighted by atomic mass is 9.94. The molecule has 0 radical (unpaired) electrons. The highest BCUT2D eigenvalue weighted by molar-refractivity contribution is 5.77. The molecule has 0 saturated carbocycles. The smallest absolute Gasteiger partial charge is 0.269 e. The fourth-order valence-corrected chi connectivity index (χ4v) is 2.63. The molecule has 6 heteroatoms. The number of nitro groups is 1. The highest BCUT2D eigenvalue weighted by Crippen LogP contribution is 2.24. The maximum Gasteiger partial charge on any atom is 0.269 e. The molecule has 1 saturated heterocycles. The van der Waals surface area contributed by atoms with Crippen LogP contribution in [0.2, 0.25) is 0 Å². The van der Waals surface area contributed by atoms with Gasteiger partial charge in [-0.2, -0.15) is 5.26 Å². The molecule has 0 spiro atoms. The molecule has 6 nitrogen and oxygen atoms in total. The number of carbonyl (C=O) groups excluding carboxylic acids is 1. The van der Waals surface area contributed by atoms with Gasteiger partial charge in [0.05, 0.1) is 16.9 Å². The zero-order chi connectivity index (χ0) is 16.1. The van der Waals surface area contributed by atoms with Crippen LogP contribution in [-0.4, -0.2) is 28.8 Å². The SMILES string of the molecule is CC1CCN(C(=O)CC(C#N)c2ccc([N+](=O)[O-])cc2)CC1. The average molecular weight is 301 g/mol. The number of likely N-dealkylation sites (tertiary alicyclic amines) is 1. The van der Waals surface area contributed by atoms with Gasteiger partial charge in [0.2, 0.25) is 5.91 Å². The van der Waals surface area contributed by atoms with E-state index in [1.54, 1.807) is 12.1 Å². The summed E-state index contributed by atoms with van der Waals surface area (Å²) in [5, 5.41) is 19.9. The monoisotopic (exact) mass is 301 g/mol. The maximum absolute atomic E-state index is 12.3. The molecule has 1 unspecified atom stereocenters. The van der Waals surface area contributed by atoms with Crippen molar-refractivity contribution in [2.75, 3.05) is 13.1 Å². The topological polar surface area (TPSA) is 87.2 Å². The Bertz CT molecular complexity index is 584. The van der Waals surface area contributed by atoms with Gasteiger partial charge in [-0.25, -0.2) is 0 Å². The normalized spacial score (nSPS) is 16.8. The van der Waals surface area contributed by atoms with Gasteiger partial charge < -0.3 is 4.90 Å². The zero-order valence-corrected chi connectivity index (χ0v) is 12.6. The van der Waals surface area contributed by atoms with E-state index in [0.29, 0.717) is 11.5 Å². The van der Waals surface area contributed by atoms with Crippen molar-refractivity contribution in [1.29, 1.82) is 5.26 Å². The standard InChI is InChI=1S/C16H19N3O3/c1-12-6-8-18(9-7-12)16(20)10-14(11-17)13-2-4-15(5-3-13)19(21)22/h2-5,12,14H,6-10H2,1H3. The third-order valence-corrected chi connectivity index (χ3v) is 4.18. The second-order valence-electron chi connectivity index (χ2n) is 5.80. The van der Waals surface area contributed by atoms with E-state index >= 15 is 0 Å². The van der Waals surface area contributed by atoms with Gasteiger partial charge in [-0.15, -0.1) is 0 Å². The molecular weight excluding hydrogens is 282 g/mol. The van der Waals surface area contributed by atoms with Crippen LogP contribution < -0.4 is 0 Å². The lowest BCUT2D eigenvalue weighted by molar-refractivity contribution is -0.384. The van der Waals surface area contributed by atoms with Gasteiger partial charge in [0, 0.05) is 31.6 Å². The minimum Gasteiger partial charge on any atom is -0.343 e. The van der Waals surface area contributed by atoms with Gasteiger partial charge in [0.1, 0.15) is 0 Å². The van der Waals surface area contributed by atoms with E-state index in [1.165, 1.54) is 12.1 Å². The number of hydrogen-bond donors (Lipinski definition) is 0. The van der Waals surface area contributed by atoms with Crippen LogP contribution >= 0.6 is 0 Å². The Labute approximate surface area is 129 Å². The third kappa shape index (κ3) is 3.82. The lowest BCUT2D eigenvalue weighted by Crippen LogP contribution is -2.38. The van der Waals surface area contributed by atoms with E-state index in [-0.39, 0.29) is 18.0 Å². The van der Waals surface area contributed by atoms with Crippen LogP contribution in [-0.2, 0) is 4.79 Å². The molecule has 1 aliphatic rings. The number of rotatable bonds is 4. The summed E-state index contributed by atoms with van der Waals surface area (Å²) in [6.45, 7) is 3.67. The minimum atomic E-state index is -0.562. The fraction of sp³-hybridized carbons (Fsp3) is 0.500. The molecule has 0 bridgehead atoms. The molecule has 22 heavy (non-hydrogen) atoms. The molecule has 1 amide bonds. The van der Waals surface area contributed by atoms with Gasteiger partial charge in [0.25, 0.3) is 5.69 Å². The molecule has 1 heterocycles. The van der Waals surface area contributed by atoms with Crippen LogP contribution in [0.3, 0.4) is 0 Å². The summed E-state index contributed by atoms with van der Waals surface area (Å²) in [7, 11) is 0. The second kappa shape index (κ2) is 7.03. The molecule has 1 atom stereocenters. The van der Waals surface area contributed by atoms with Crippen molar-refractivity contribution < 1.29 is 9.72 Å². The minimum absolute atomic E-state index is 0.0168. The highest BCUT2D eigenvalue weighted by Gasteiger charge is 2.24. The number of non-ortho nitro benzene ring substituents is 1.